The van der Waals surface area contributed by atoms with Gasteiger partial charge in [0.1, 0.15) is 5.69 Å². The summed E-state index contributed by atoms with van der Waals surface area (Å²) in [5, 5.41) is 0.0443. The number of alkyl halides is 2. The fourth-order valence-electron chi connectivity index (χ4n) is 1.15. The van der Waals surface area contributed by atoms with Crippen LogP contribution in [0.15, 0.2) is 6.07 Å². The molecule has 0 fully saturated rings. The third kappa shape index (κ3) is 2.66. The van der Waals surface area contributed by atoms with Gasteiger partial charge in [-0.05, 0) is 19.9 Å². The Labute approximate surface area is 96.4 Å². The molecule has 0 saturated carbocycles. The zero-order chi connectivity index (χ0) is 12.3. The van der Waals surface area contributed by atoms with Gasteiger partial charge < -0.3 is 4.74 Å². The molecule has 1 aromatic rings. The van der Waals surface area contributed by atoms with Crippen LogP contribution in [0, 0.1) is 6.92 Å². The first-order valence-electron chi connectivity index (χ1n) is 4.59. The first-order valence-corrected chi connectivity index (χ1v) is 4.97. The third-order valence-corrected chi connectivity index (χ3v) is 2.34. The number of carbonyl (C=O) groups excluding carboxylic acids is 1. The van der Waals surface area contributed by atoms with Crippen molar-refractivity contribution in [3.63, 3.8) is 0 Å². The van der Waals surface area contributed by atoms with Crippen LogP contribution in [0.25, 0.3) is 0 Å². The van der Waals surface area contributed by atoms with E-state index >= 15 is 0 Å². The van der Waals surface area contributed by atoms with Gasteiger partial charge in [0.05, 0.1) is 22.9 Å². The van der Waals surface area contributed by atoms with Crippen LogP contribution in [-0.4, -0.2) is 17.6 Å². The summed E-state index contributed by atoms with van der Waals surface area (Å²) in [6, 6.07) is 0.956. The van der Waals surface area contributed by atoms with E-state index < -0.39 is 18.1 Å². The number of ether oxygens (including phenoxy) is 1. The molecule has 0 aliphatic carbocycles. The number of hydrogen-bond acceptors (Lipinski definition) is 3. The van der Waals surface area contributed by atoms with Crippen molar-refractivity contribution in [1.82, 2.24) is 4.98 Å². The predicted molar refractivity (Wildman–Crippen MR) is 54.9 cm³/mol. The van der Waals surface area contributed by atoms with E-state index in [9.17, 15) is 13.6 Å². The maximum Gasteiger partial charge on any atom is 0.339 e. The monoisotopic (exact) mass is 249 g/mol. The summed E-state index contributed by atoms with van der Waals surface area (Å²) >= 11 is 5.79. The van der Waals surface area contributed by atoms with E-state index in [-0.39, 0.29) is 22.9 Å². The SMILES string of the molecule is CCOC(=O)c1cc(C(F)F)nc(C)c1Cl. The molecule has 1 aromatic heterocycles. The molecule has 0 N–H and O–H groups in total. The molecule has 1 heterocycles. The van der Waals surface area contributed by atoms with Crippen molar-refractivity contribution < 1.29 is 18.3 Å². The number of halogens is 3. The van der Waals surface area contributed by atoms with Crippen LogP contribution in [-0.2, 0) is 4.74 Å². The van der Waals surface area contributed by atoms with Crippen molar-refractivity contribution in [2.24, 2.45) is 0 Å². The first kappa shape index (κ1) is 12.8. The van der Waals surface area contributed by atoms with Gasteiger partial charge in [-0.1, -0.05) is 11.6 Å². The van der Waals surface area contributed by atoms with Crippen LogP contribution in [0.4, 0.5) is 8.78 Å². The highest BCUT2D eigenvalue weighted by Gasteiger charge is 2.19. The van der Waals surface area contributed by atoms with Crippen molar-refractivity contribution in [3.05, 3.63) is 28.0 Å². The van der Waals surface area contributed by atoms with E-state index in [1.807, 2.05) is 0 Å². The number of pyridine rings is 1. The van der Waals surface area contributed by atoms with Gasteiger partial charge in [-0.3, -0.25) is 4.98 Å². The Morgan fingerprint density at radius 2 is 2.25 bits per heavy atom. The van der Waals surface area contributed by atoms with Gasteiger partial charge in [-0.25, -0.2) is 13.6 Å². The summed E-state index contributed by atoms with van der Waals surface area (Å²) < 4.78 is 29.6. The number of nitrogens with zero attached hydrogens (tertiary/aromatic N) is 1. The molecule has 0 radical (unpaired) electrons. The lowest BCUT2D eigenvalue weighted by molar-refractivity contribution is 0.0525. The maximum absolute atomic E-state index is 12.5. The molecule has 16 heavy (non-hydrogen) atoms. The Balaban J connectivity index is 3.21. The number of rotatable bonds is 3. The molecule has 0 amide bonds. The zero-order valence-corrected chi connectivity index (χ0v) is 9.52. The summed E-state index contributed by atoms with van der Waals surface area (Å²) in [5.74, 6) is -0.722. The van der Waals surface area contributed by atoms with E-state index in [1.165, 1.54) is 6.92 Å². The lowest BCUT2D eigenvalue weighted by atomic mass is 10.2. The van der Waals surface area contributed by atoms with Crippen LogP contribution in [0.3, 0.4) is 0 Å². The molecule has 0 bridgehead atoms. The normalized spacial score (nSPS) is 10.6. The zero-order valence-electron chi connectivity index (χ0n) is 8.76. The Bertz CT molecular complexity index is 410. The first-order chi connectivity index (χ1) is 7.47. The van der Waals surface area contributed by atoms with Crippen molar-refractivity contribution in [2.75, 3.05) is 6.61 Å². The molecule has 0 atom stereocenters. The molecule has 0 aromatic carbocycles. The summed E-state index contributed by atoms with van der Waals surface area (Å²) in [4.78, 5) is 15.0. The van der Waals surface area contributed by atoms with Gasteiger partial charge in [-0.2, -0.15) is 0 Å². The largest absolute Gasteiger partial charge is 0.462 e. The highest BCUT2D eigenvalue weighted by atomic mass is 35.5. The second kappa shape index (κ2) is 5.21. The number of aryl methyl sites for hydroxylation is 1. The van der Waals surface area contributed by atoms with Crippen LogP contribution in [0.1, 0.15) is 35.1 Å². The Hall–Kier alpha value is -1.23. The summed E-state index contributed by atoms with van der Waals surface area (Å²) in [7, 11) is 0. The maximum atomic E-state index is 12.5. The Morgan fingerprint density at radius 1 is 1.62 bits per heavy atom. The highest BCUT2D eigenvalue weighted by Crippen LogP contribution is 2.25. The number of esters is 1. The predicted octanol–water partition coefficient (Wildman–Crippen LogP) is 3.16. The van der Waals surface area contributed by atoms with Crippen LogP contribution in [0.2, 0.25) is 5.02 Å². The number of carbonyl (C=O) groups is 1. The van der Waals surface area contributed by atoms with Crippen molar-refractivity contribution >= 4 is 17.6 Å². The minimum absolute atomic E-state index is 0.0443. The van der Waals surface area contributed by atoms with E-state index in [0.29, 0.717) is 0 Å². The van der Waals surface area contributed by atoms with Gasteiger partial charge in [0, 0.05) is 0 Å². The number of aromatic nitrogens is 1. The van der Waals surface area contributed by atoms with Gasteiger partial charge >= 0.3 is 5.97 Å². The van der Waals surface area contributed by atoms with E-state index in [1.54, 1.807) is 6.92 Å². The number of hydrogen-bond donors (Lipinski definition) is 0. The van der Waals surface area contributed by atoms with Gasteiger partial charge in [0.25, 0.3) is 6.43 Å². The molecule has 0 spiro atoms. The Morgan fingerprint density at radius 3 is 2.75 bits per heavy atom. The minimum atomic E-state index is -2.75. The standard InChI is InChI=1S/C10H10ClF2NO2/c1-3-16-10(15)6-4-7(9(12)13)14-5(2)8(6)11/h4,9H,3H2,1-2H3. The molecule has 0 saturated heterocycles. The van der Waals surface area contributed by atoms with E-state index in [2.05, 4.69) is 4.98 Å². The molecular formula is C10H10ClF2NO2. The van der Waals surface area contributed by atoms with Gasteiger partial charge in [0.15, 0.2) is 0 Å². The van der Waals surface area contributed by atoms with Crippen molar-refractivity contribution in [1.29, 1.82) is 0 Å². The van der Waals surface area contributed by atoms with Gasteiger partial charge in [-0.15, -0.1) is 0 Å². The Kier molecular flexibility index (Phi) is 4.18. The minimum Gasteiger partial charge on any atom is -0.462 e. The molecule has 0 unspecified atom stereocenters. The lowest BCUT2D eigenvalue weighted by Gasteiger charge is -2.08. The summed E-state index contributed by atoms with van der Waals surface area (Å²) in [5.41, 5.74) is -0.376. The van der Waals surface area contributed by atoms with Crippen molar-refractivity contribution in [3.8, 4) is 0 Å². The second-order valence-corrected chi connectivity index (χ2v) is 3.39. The summed E-state index contributed by atoms with van der Waals surface area (Å²) in [6.07, 6.45) is -2.75. The molecule has 6 heteroatoms. The van der Waals surface area contributed by atoms with Crippen LogP contribution < -0.4 is 0 Å². The summed E-state index contributed by atoms with van der Waals surface area (Å²) in [6.45, 7) is 3.23. The topological polar surface area (TPSA) is 39.2 Å². The van der Waals surface area contributed by atoms with E-state index in [4.69, 9.17) is 16.3 Å². The average Bonchev–Trinajstić information content (AvgIpc) is 2.21. The third-order valence-electron chi connectivity index (χ3n) is 1.86. The second-order valence-electron chi connectivity index (χ2n) is 3.02. The van der Waals surface area contributed by atoms with E-state index in [0.717, 1.165) is 6.07 Å². The molecule has 0 aliphatic rings. The highest BCUT2D eigenvalue weighted by molar-refractivity contribution is 6.34. The average molecular weight is 250 g/mol. The quantitative estimate of drug-likeness (QED) is 0.773. The van der Waals surface area contributed by atoms with Crippen LogP contribution in [0.5, 0.6) is 0 Å². The van der Waals surface area contributed by atoms with Crippen LogP contribution >= 0.6 is 11.6 Å². The molecular weight excluding hydrogens is 240 g/mol. The fourth-order valence-corrected chi connectivity index (χ4v) is 1.32. The van der Waals surface area contributed by atoms with Gasteiger partial charge in [0.2, 0.25) is 0 Å². The fraction of sp³-hybridized carbons (Fsp3) is 0.400. The molecule has 88 valence electrons. The molecule has 0 aliphatic heterocycles. The molecule has 3 nitrogen and oxygen atoms in total. The van der Waals surface area contributed by atoms with Crippen molar-refractivity contribution in [2.45, 2.75) is 20.3 Å². The smallest absolute Gasteiger partial charge is 0.339 e. The molecule has 1 rings (SSSR count). The lowest BCUT2D eigenvalue weighted by Crippen LogP contribution is -2.08.